The maximum absolute atomic E-state index is 12.7. The minimum atomic E-state index is -1.33. The van der Waals surface area contributed by atoms with E-state index in [1.807, 2.05) is 0 Å². The van der Waals surface area contributed by atoms with Gasteiger partial charge in [-0.2, -0.15) is 11.1 Å². The number of aromatic carboxylic acids is 2. The Kier molecular flexibility index (Phi) is 10.7. The number of carbonyl (C=O) groups excluding carboxylic acids is 2. The molecule has 2 amide bonds. The lowest BCUT2D eigenvalue weighted by atomic mass is 10.1. The summed E-state index contributed by atoms with van der Waals surface area (Å²) >= 11 is 0. The van der Waals surface area contributed by atoms with Crippen LogP contribution in [0.5, 0.6) is 11.5 Å². The summed E-state index contributed by atoms with van der Waals surface area (Å²) < 4.78 is 11.4. The molecule has 0 saturated heterocycles. The lowest BCUT2D eigenvalue weighted by Crippen LogP contribution is -2.23. The summed E-state index contributed by atoms with van der Waals surface area (Å²) in [6.07, 6.45) is 0.964. The van der Waals surface area contributed by atoms with Crippen molar-refractivity contribution in [1.29, 1.82) is 21.9 Å². The maximum atomic E-state index is 12.7. The summed E-state index contributed by atoms with van der Waals surface area (Å²) in [6.45, 7) is 0.372. The molecule has 0 radical (unpaired) electrons. The number of ether oxygens (including phenoxy) is 2. The number of unbranched alkanes of at least 4 members (excludes halogenated alkanes) is 1. The van der Waals surface area contributed by atoms with Crippen molar-refractivity contribution in [2.24, 2.45) is 10.4 Å². The van der Waals surface area contributed by atoms with Crippen LogP contribution in [0.25, 0.3) is 0 Å². The van der Waals surface area contributed by atoms with Crippen LogP contribution in [0, 0.1) is 21.9 Å². The van der Waals surface area contributed by atoms with Crippen LogP contribution < -0.4 is 31.1 Å². The first-order valence-electron chi connectivity index (χ1n) is 13.7. The number of rotatable bonds is 15. The highest BCUT2D eigenvalue weighted by Gasteiger charge is 2.18. The number of carboxylic acid groups (broad SMARTS) is 2. The van der Waals surface area contributed by atoms with Crippen LogP contribution >= 0.6 is 0 Å². The molecule has 20 heteroatoms. The van der Waals surface area contributed by atoms with Gasteiger partial charge in [-0.1, -0.05) is 10.4 Å². The molecule has 0 spiro atoms. The van der Waals surface area contributed by atoms with Crippen molar-refractivity contribution < 1.29 is 38.9 Å². The Morgan fingerprint density at radius 1 is 0.667 bits per heavy atom. The fourth-order valence-corrected chi connectivity index (χ4v) is 3.98. The Labute approximate surface area is 268 Å². The molecule has 0 bridgehead atoms. The lowest BCUT2D eigenvalue weighted by Gasteiger charge is -2.13. The van der Waals surface area contributed by atoms with E-state index in [4.69, 9.17) is 31.4 Å². The number of aromatic nitrogens is 4. The highest BCUT2D eigenvalue weighted by Crippen LogP contribution is 2.25. The Morgan fingerprint density at radius 2 is 1.15 bits per heavy atom. The largest absolute Gasteiger partial charge is 0.494 e. The number of hydrogen-bond donors (Lipinski definition) is 8. The van der Waals surface area contributed by atoms with Gasteiger partial charge in [-0.3, -0.25) is 20.4 Å². The van der Waals surface area contributed by atoms with Crippen LogP contribution in [0.4, 0.5) is 11.4 Å². The van der Waals surface area contributed by atoms with E-state index in [1.165, 1.54) is 60.7 Å². The van der Waals surface area contributed by atoms with Crippen molar-refractivity contribution in [2.45, 2.75) is 12.8 Å². The summed E-state index contributed by atoms with van der Waals surface area (Å²) in [7, 11) is 0. The van der Waals surface area contributed by atoms with E-state index in [9.17, 15) is 29.4 Å². The first kappa shape index (κ1) is 33.8. The second-order valence-corrected chi connectivity index (χ2v) is 9.52. The molecular formula is C28H26N12O8. The number of nitrogens with one attached hydrogen (secondary N) is 6. The molecule has 4 aromatic rings. The summed E-state index contributed by atoms with van der Waals surface area (Å²) in [4.78, 5) is 50.0. The Morgan fingerprint density at radius 3 is 1.65 bits per heavy atom. The predicted molar refractivity (Wildman–Crippen MR) is 160 cm³/mol. The highest BCUT2D eigenvalue weighted by molar-refractivity contribution is 6.07. The third kappa shape index (κ3) is 8.32. The molecule has 0 aliphatic rings. The maximum Gasteiger partial charge on any atom is 0.337 e. The third-order valence-electron chi connectivity index (χ3n) is 6.30. The van der Waals surface area contributed by atoms with Gasteiger partial charge in [-0.25, -0.2) is 9.59 Å². The average Bonchev–Trinajstić information content (AvgIpc) is 3.07. The van der Waals surface area contributed by atoms with Gasteiger partial charge in [0.15, 0.2) is 22.4 Å². The molecule has 4 rings (SSSR count). The molecule has 8 N–H and O–H groups in total. The van der Waals surface area contributed by atoms with Crippen molar-refractivity contribution in [1.82, 2.24) is 19.8 Å². The molecule has 2 aromatic carbocycles. The van der Waals surface area contributed by atoms with E-state index < -0.39 is 23.8 Å². The van der Waals surface area contributed by atoms with Crippen LogP contribution in [-0.4, -0.2) is 67.0 Å². The van der Waals surface area contributed by atoms with Crippen LogP contribution in [0.3, 0.4) is 0 Å². The van der Waals surface area contributed by atoms with Gasteiger partial charge in [0.2, 0.25) is 0 Å². The number of hydrogen-bond acceptors (Lipinski definition) is 14. The Balaban J connectivity index is 1.31. The molecular weight excluding hydrogens is 632 g/mol. The van der Waals surface area contributed by atoms with Gasteiger partial charge in [0.1, 0.15) is 11.5 Å². The molecule has 0 saturated carbocycles. The smallest absolute Gasteiger partial charge is 0.337 e. The molecule has 2 aromatic heterocycles. The lowest BCUT2D eigenvalue weighted by molar-refractivity contribution is 0.0686. The number of amides is 2. The van der Waals surface area contributed by atoms with Gasteiger partial charge in [-0.05, 0) is 67.4 Å². The van der Waals surface area contributed by atoms with E-state index in [2.05, 4.69) is 31.3 Å². The molecule has 0 aliphatic heterocycles. The molecule has 48 heavy (non-hydrogen) atoms. The van der Waals surface area contributed by atoms with Gasteiger partial charge < -0.3 is 30.3 Å². The van der Waals surface area contributed by atoms with Gasteiger partial charge in [-0.15, -0.1) is 19.8 Å². The molecule has 0 aliphatic carbocycles. The van der Waals surface area contributed by atoms with Gasteiger partial charge >= 0.3 is 11.9 Å². The predicted octanol–water partition coefficient (Wildman–Crippen LogP) is 2.77. The van der Waals surface area contributed by atoms with Gasteiger partial charge in [0.05, 0.1) is 35.7 Å². The first-order chi connectivity index (χ1) is 23.0. The topological polar surface area (TPSA) is 307 Å². The van der Waals surface area contributed by atoms with E-state index in [1.54, 1.807) is 0 Å². The fraction of sp³-hybridized carbons (Fsp3) is 0.143. The van der Waals surface area contributed by atoms with Gasteiger partial charge in [0, 0.05) is 6.07 Å². The standard InChI is InChI=1S/C28H26N12O8/c29-23-9-7-20(35-39(23)37-31)25(41)33-19-6-4-15(13-18(19)28(45)46)47-11-1-2-12-48-16-3-5-17(27(43)44)22(14-16)34-26(42)21-8-10-24(30)40(36-21)38-32/h3-10,13-14,29-32H,1-2,11-12H2,(H,33,41)(H,34,42)(H,43,44)(H,45,46). The molecule has 0 atom stereocenters. The second-order valence-electron chi connectivity index (χ2n) is 9.52. The zero-order chi connectivity index (χ0) is 34.8. The van der Waals surface area contributed by atoms with Crippen molar-refractivity contribution in [3.8, 4) is 11.5 Å². The number of carbonyl (C=O) groups is 4. The fourth-order valence-electron chi connectivity index (χ4n) is 3.98. The highest BCUT2D eigenvalue weighted by atomic mass is 16.5. The summed E-state index contributed by atoms with van der Waals surface area (Å²) in [5.74, 6) is -3.70. The number of nitrogens with zero attached hydrogens (tertiary/aromatic N) is 6. The van der Waals surface area contributed by atoms with Crippen molar-refractivity contribution in [3.05, 3.63) is 94.2 Å². The molecule has 0 unspecified atom stereocenters. The van der Waals surface area contributed by atoms with E-state index in [0.29, 0.717) is 22.4 Å². The van der Waals surface area contributed by atoms with Crippen LogP contribution in [0.2, 0.25) is 0 Å². The van der Waals surface area contributed by atoms with E-state index >= 15 is 0 Å². The third-order valence-corrected chi connectivity index (χ3v) is 6.30. The molecule has 2 heterocycles. The Hall–Kier alpha value is -7.12. The summed E-state index contributed by atoms with van der Waals surface area (Å²) in [5, 5.41) is 52.7. The normalized spacial score (nSPS) is 10.4. The van der Waals surface area contributed by atoms with Gasteiger partial charge in [0.25, 0.3) is 11.8 Å². The molecule has 0 fully saturated rings. The summed E-state index contributed by atoms with van der Waals surface area (Å²) in [5.41, 5.74) is 12.6. The van der Waals surface area contributed by atoms with Crippen molar-refractivity contribution in [2.75, 3.05) is 23.8 Å². The van der Waals surface area contributed by atoms with Crippen molar-refractivity contribution >= 4 is 35.1 Å². The van der Waals surface area contributed by atoms with Crippen molar-refractivity contribution in [3.63, 3.8) is 0 Å². The SMILES string of the molecule is N=Nn1nc(C(=O)Nc2cc(OCCCCOc3ccc(NC(=O)c4ccc(=N)n(N=N)n4)c(C(=O)O)c3)ccc2C(=O)O)ccc1=N. The number of anilines is 2. The summed E-state index contributed by atoms with van der Waals surface area (Å²) in [6, 6.07) is 12.9. The van der Waals surface area contributed by atoms with Crippen LogP contribution in [-0.2, 0) is 0 Å². The van der Waals surface area contributed by atoms with Crippen LogP contribution in [0.15, 0.2) is 71.1 Å². The van der Waals surface area contributed by atoms with E-state index in [-0.39, 0.29) is 69.6 Å². The quantitative estimate of drug-likeness (QED) is 0.0682. The Bertz CT molecular complexity index is 2040. The minimum absolute atomic E-state index is 0.0297. The number of benzene rings is 2. The first-order valence-corrected chi connectivity index (χ1v) is 13.7. The monoisotopic (exact) mass is 658 g/mol. The second kappa shape index (κ2) is 15.2. The van der Waals surface area contributed by atoms with E-state index in [0.717, 1.165) is 0 Å². The zero-order valence-electron chi connectivity index (χ0n) is 24.6. The van der Waals surface area contributed by atoms with Crippen LogP contribution in [0.1, 0.15) is 54.5 Å². The molecule has 246 valence electrons. The number of carboxylic acids is 2. The molecule has 20 nitrogen and oxygen atoms in total. The average molecular weight is 659 g/mol. The minimum Gasteiger partial charge on any atom is -0.494 e. The zero-order valence-corrected chi connectivity index (χ0v) is 24.6.